The van der Waals surface area contributed by atoms with Crippen LogP contribution in [0.3, 0.4) is 0 Å². The lowest BCUT2D eigenvalue weighted by molar-refractivity contribution is -0.150. The number of nitrogens with zero attached hydrogens (tertiary/aromatic N) is 1. The van der Waals surface area contributed by atoms with E-state index in [1.165, 1.54) is 14.2 Å². The number of hydrogen-bond acceptors (Lipinski definition) is 4. The number of carboxylic acids is 1. The number of aliphatic carboxylic acids is 1. The van der Waals surface area contributed by atoms with Crippen LogP contribution in [0.1, 0.15) is 27.2 Å². The predicted molar refractivity (Wildman–Crippen MR) is 68.7 cm³/mol. The van der Waals surface area contributed by atoms with Crippen molar-refractivity contribution in [2.45, 2.75) is 33.2 Å². The molecule has 0 saturated heterocycles. The maximum absolute atomic E-state index is 11.8. The molecule has 0 aromatic rings. The van der Waals surface area contributed by atoms with Crippen molar-refractivity contribution in [1.82, 2.24) is 10.2 Å². The van der Waals surface area contributed by atoms with Gasteiger partial charge in [-0.2, -0.15) is 0 Å². The number of methoxy groups -OCH3 is 1. The Hall–Kier alpha value is -1.79. The average molecular weight is 274 g/mol. The molecule has 7 nitrogen and oxygen atoms in total. The summed E-state index contributed by atoms with van der Waals surface area (Å²) >= 11 is 0. The van der Waals surface area contributed by atoms with Gasteiger partial charge in [-0.25, -0.2) is 9.59 Å². The summed E-state index contributed by atoms with van der Waals surface area (Å²) in [6.45, 7) is 5.01. The molecule has 0 rings (SSSR count). The van der Waals surface area contributed by atoms with Gasteiger partial charge in [-0.1, -0.05) is 6.92 Å². The lowest BCUT2D eigenvalue weighted by Gasteiger charge is -2.27. The molecule has 0 radical (unpaired) electrons. The van der Waals surface area contributed by atoms with Crippen molar-refractivity contribution in [3.05, 3.63) is 0 Å². The molecule has 0 bridgehead atoms. The van der Waals surface area contributed by atoms with Gasteiger partial charge in [0.25, 0.3) is 0 Å². The SMILES string of the molecule is CCC(C(=O)O)N(C)C(=O)NCC(C)(C)C(=O)OC. The molecule has 0 aliphatic rings. The van der Waals surface area contributed by atoms with Crippen LogP contribution in [0, 0.1) is 5.41 Å². The number of likely N-dealkylation sites (N-methyl/N-ethyl adjacent to an activating group) is 1. The van der Waals surface area contributed by atoms with Gasteiger partial charge in [-0.05, 0) is 20.3 Å². The van der Waals surface area contributed by atoms with Gasteiger partial charge in [0.15, 0.2) is 0 Å². The molecule has 19 heavy (non-hydrogen) atoms. The predicted octanol–water partition coefficient (Wildman–Crippen LogP) is 0.690. The van der Waals surface area contributed by atoms with Crippen molar-refractivity contribution < 1.29 is 24.2 Å². The van der Waals surface area contributed by atoms with E-state index in [1.807, 2.05) is 0 Å². The van der Waals surface area contributed by atoms with Crippen molar-refractivity contribution in [2.24, 2.45) is 5.41 Å². The average Bonchev–Trinajstić information content (AvgIpc) is 2.35. The summed E-state index contributed by atoms with van der Waals surface area (Å²) in [5, 5.41) is 11.5. The zero-order valence-electron chi connectivity index (χ0n) is 12.0. The van der Waals surface area contributed by atoms with E-state index in [0.29, 0.717) is 6.42 Å². The van der Waals surface area contributed by atoms with Crippen LogP contribution in [-0.2, 0) is 14.3 Å². The number of rotatable bonds is 6. The molecule has 110 valence electrons. The van der Waals surface area contributed by atoms with Gasteiger partial charge in [0.2, 0.25) is 0 Å². The molecule has 0 fully saturated rings. The van der Waals surface area contributed by atoms with Gasteiger partial charge in [0.05, 0.1) is 12.5 Å². The molecule has 7 heteroatoms. The lowest BCUT2D eigenvalue weighted by Crippen LogP contribution is -2.49. The number of ether oxygens (including phenoxy) is 1. The number of carbonyl (C=O) groups excluding carboxylic acids is 2. The number of carbonyl (C=O) groups is 3. The Kier molecular flexibility index (Phi) is 6.31. The maximum atomic E-state index is 11.8. The van der Waals surface area contributed by atoms with Gasteiger partial charge in [0.1, 0.15) is 6.04 Å². The maximum Gasteiger partial charge on any atom is 0.326 e. The third kappa shape index (κ3) is 4.76. The molecule has 0 aliphatic heterocycles. The highest BCUT2D eigenvalue weighted by atomic mass is 16.5. The molecule has 2 amide bonds. The minimum atomic E-state index is -1.06. The summed E-state index contributed by atoms with van der Waals surface area (Å²) in [5.41, 5.74) is -0.865. The molecular weight excluding hydrogens is 252 g/mol. The van der Waals surface area contributed by atoms with Crippen molar-refractivity contribution >= 4 is 18.0 Å². The quantitative estimate of drug-likeness (QED) is 0.695. The van der Waals surface area contributed by atoms with E-state index in [-0.39, 0.29) is 6.54 Å². The first-order chi connectivity index (χ1) is 8.67. The molecule has 1 atom stereocenters. The largest absolute Gasteiger partial charge is 0.480 e. The van der Waals surface area contributed by atoms with E-state index >= 15 is 0 Å². The Labute approximate surface area is 112 Å². The number of urea groups is 1. The highest BCUT2D eigenvalue weighted by Crippen LogP contribution is 2.15. The summed E-state index contributed by atoms with van der Waals surface area (Å²) < 4.78 is 4.62. The minimum absolute atomic E-state index is 0.0684. The van der Waals surface area contributed by atoms with E-state index in [1.54, 1.807) is 20.8 Å². The highest BCUT2D eigenvalue weighted by molar-refractivity contribution is 5.83. The monoisotopic (exact) mass is 274 g/mol. The van der Waals surface area contributed by atoms with Crippen LogP contribution in [-0.4, -0.2) is 54.7 Å². The highest BCUT2D eigenvalue weighted by Gasteiger charge is 2.31. The van der Waals surface area contributed by atoms with E-state index < -0.39 is 29.4 Å². The summed E-state index contributed by atoms with van der Waals surface area (Å²) in [6.07, 6.45) is 0.305. The van der Waals surface area contributed by atoms with Crippen LogP contribution in [0.25, 0.3) is 0 Å². The van der Waals surface area contributed by atoms with Gasteiger partial charge in [-0.15, -0.1) is 0 Å². The Balaban J connectivity index is 4.54. The van der Waals surface area contributed by atoms with Crippen LogP contribution >= 0.6 is 0 Å². The number of nitrogens with one attached hydrogen (secondary N) is 1. The number of hydrogen-bond donors (Lipinski definition) is 2. The zero-order chi connectivity index (χ0) is 15.2. The molecule has 0 spiro atoms. The van der Waals surface area contributed by atoms with Gasteiger partial charge in [-0.3, -0.25) is 4.79 Å². The summed E-state index contributed by atoms with van der Waals surface area (Å²) in [4.78, 5) is 35.3. The van der Waals surface area contributed by atoms with Crippen molar-refractivity contribution in [1.29, 1.82) is 0 Å². The third-order valence-corrected chi connectivity index (χ3v) is 2.88. The van der Waals surface area contributed by atoms with Gasteiger partial charge < -0.3 is 20.1 Å². The zero-order valence-corrected chi connectivity index (χ0v) is 12.0. The third-order valence-electron chi connectivity index (χ3n) is 2.88. The molecule has 0 aliphatic carbocycles. The fraction of sp³-hybridized carbons (Fsp3) is 0.750. The number of esters is 1. The molecule has 0 heterocycles. The minimum Gasteiger partial charge on any atom is -0.480 e. The Morgan fingerprint density at radius 1 is 1.37 bits per heavy atom. The van der Waals surface area contributed by atoms with E-state index in [4.69, 9.17) is 5.11 Å². The smallest absolute Gasteiger partial charge is 0.326 e. The Bertz CT molecular complexity index is 354. The van der Waals surface area contributed by atoms with Crippen molar-refractivity contribution in [3.63, 3.8) is 0 Å². The molecule has 2 N–H and O–H groups in total. The van der Waals surface area contributed by atoms with Crippen LogP contribution < -0.4 is 5.32 Å². The lowest BCUT2D eigenvalue weighted by atomic mass is 9.94. The molecule has 0 saturated carbocycles. The molecule has 0 aromatic carbocycles. The van der Waals surface area contributed by atoms with E-state index in [9.17, 15) is 14.4 Å². The summed E-state index contributed by atoms with van der Waals surface area (Å²) in [5.74, 6) is -1.51. The van der Waals surface area contributed by atoms with E-state index in [0.717, 1.165) is 4.90 Å². The fourth-order valence-corrected chi connectivity index (χ4v) is 1.53. The van der Waals surface area contributed by atoms with Crippen LogP contribution in [0.4, 0.5) is 4.79 Å². The molecular formula is C12H22N2O5. The van der Waals surface area contributed by atoms with Crippen molar-refractivity contribution in [2.75, 3.05) is 20.7 Å². The summed E-state index contributed by atoms with van der Waals surface area (Å²) in [7, 11) is 2.68. The first-order valence-electron chi connectivity index (χ1n) is 5.99. The second kappa shape index (κ2) is 6.96. The first-order valence-corrected chi connectivity index (χ1v) is 5.99. The second-order valence-corrected chi connectivity index (χ2v) is 4.91. The normalized spacial score (nSPS) is 12.5. The topological polar surface area (TPSA) is 95.9 Å². The second-order valence-electron chi connectivity index (χ2n) is 4.91. The number of amides is 2. The molecule has 0 aromatic heterocycles. The van der Waals surface area contributed by atoms with E-state index in [2.05, 4.69) is 10.1 Å². The van der Waals surface area contributed by atoms with Gasteiger partial charge in [0, 0.05) is 13.6 Å². The molecule has 1 unspecified atom stereocenters. The fourth-order valence-electron chi connectivity index (χ4n) is 1.53. The first kappa shape index (κ1) is 17.2. The summed E-state index contributed by atoms with van der Waals surface area (Å²) in [6, 6.07) is -1.42. The number of carboxylic acid groups (broad SMARTS) is 1. The van der Waals surface area contributed by atoms with Crippen LogP contribution in [0.5, 0.6) is 0 Å². The van der Waals surface area contributed by atoms with Crippen LogP contribution in [0.2, 0.25) is 0 Å². The van der Waals surface area contributed by atoms with Crippen molar-refractivity contribution in [3.8, 4) is 0 Å². The standard InChI is InChI=1S/C12H22N2O5/c1-6-8(9(15)16)14(4)11(18)13-7-12(2,3)10(17)19-5/h8H,6-7H2,1-5H3,(H,13,18)(H,15,16). The van der Waals surface area contributed by atoms with Gasteiger partial charge >= 0.3 is 18.0 Å². The Morgan fingerprint density at radius 2 is 1.89 bits per heavy atom. The Morgan fingerprint density at radius 3 is 2.26 bits per heavy atom. The van der Waals surface area contributed by atoms with Crippen LogP contribution in [0.15, 0.2) is 0 Å².